The molecule has 0 atom stereocenters. The molecule has 0 saturated heterocycles. The lowest BCUT2D eigenvalue weighted by atomic mass is 9.96. The van der Waals surface area contributed by atoms with Gasteiger partial charge >= 0.3 is 0 Å². The van der Waals surface area contributed by atoms with Gasteiger partial charge in [0.2, 0.25) is 0 Å². The number of aliphatic imine (C=N–C) groups is 1. The second-order valence-electron chi connectivity index (χ2n) is 4.83. The lowest BCUT2D eigenvalue weighted by molar-refractivity contribution is 0.433. The molecule has 0 N–H and O–H groups in total. The summed E-state index contributed by atoms with van der Waals surface area (Å²) >= 11 is 0. The van der Waals surface area contributed by atoms with Crippen molar-refractivity contribution in [1.82, 2.24) is 4.90 Å². The summed E-state index contributed by atoms with van der Waals surface area (Å²) in [6.07, 6.45) is 6.74. The van der Waals surface area contributed by atoms with Crippen LogP contribution in [0.1, 0.15) is 46.0 Å². The van der Waals surface area contributed by atoms with Gasteiger partial charge < -0.3 is 4.90 Å². The Morgan fingerprint density at radius 3 is 2.14 bits per heavy atom. The maximum atomic E-state index is 4.88. The molecule has 82 valence electrons. The van der Waals surface area contributed by atoms with Crippen LogP contribution in [0.5, 0.6) is 0 Å². The molecule has 1 rings (SSSR count). The standard InChI is InChI=1S/C12H24N2/c1-10(2)12(14(3)4)13-11-8-6-5-7-9-11/h10-11H,5-9H2,1-4H3. The third-order valence-corrected chi connectivity index (χ3v) is 2.86. The zero-order valence-electron chi connectivity index (χ0n) is 10.1. The van der Waals surface area contributed by atoms with Crippen molar-refractivity contribution in [1.29, 1.82) is 0 Å². The Labute approximate surface area is 88.4 Å². The number of rotatable bonds is 2. The van der Waals surface area contributed by atoms with Crippen molar-refractivity contribution in [3.8, 4) is 0 Å². The largest absolute Gasteiger partial charge is 0.366 e. The topological polar surface area (TPSA) is 15.6 Å². The van der Waals surface area contributed by atoms with Crippen LogP contribution in [0, 0.1) is 5.92 Å². The fraction of sp³-hybridized carbons (Fsp3) is 0.917. The Morgan fingerprint density at radius 1 is 1.14 bits per heavy atom. The van der Waals surface area contributed by atoms with Crippen molar-refractivity contribution in [3.05, 3.63) is 0 Å². The first kappa shape index (κ1) is 11.5. The van der Waals surface area contributed by atoms with E-state index >= 15 is 0 Å². The molecule has 0 aromatic rings. The zero-order valence-corrected chi connectivity index (χ0v) is 10.1. The molecule has 1 saturated carbocycles. The molecule has 0 aromatic heterocycles. The second-order valence-corrected chi connectivity index (χ2v) is 4.83. The molecule has 0 spiro atoms. The van der Waals surface area contributed by atoms with Crippen LogP contribution in [0.15, 0.2) is 4.99 Å². The van der Waals surface area contributed by atoms with E-state index in [9.17, 15) is 0 Å². The molecule has 0 aliphatic heterocycles. The van der Waals surface area contributed by atoms with Gasteiger partial charge in [0.25, 0.3) is 0 Å². The third kappa shape index (κ3) is 3.32. The van der Waals surface area contributed by atoms with E-state index in [-0.39, 0.29) is 0 Å². The first-order valence-corrected chi connectivity index (χ1v) is 5.86. The summed E-state index contributed by atoms with van der Waals surface area (Å²) in [5.41, 5.74) is 0. The molecular formula is C12H24N2. The van der Waals surface area contributed by atoms with E-state index in [0.717, 1.165) is 0 Å². The lowest BCUT2D eigenvalue weighted by Gasteiger charge is -2.24. The van der Waals surface area contributed by atoms with E-state index in [1.54, 1.807) is 0 Å². The lowest BCUT2D eigenvalue weighted by Crippen LogP contribution is -2.29. The van der Waals surface area contributed by atoms with Crippen molar-refractivity contribution >= 4 is 5.84 Å². The van der Waals surface area contributed by atoms with Gasteiger partial charge in [0.05, 0.1) is 6.04 Å². The summed E-state index contributed by atoms with van der Waals surface area (Å²) < 4.78 is 0. The molecule has 2 heteroatoms. The third-order valence-electron chi connectivity index (χ3n) is 2.86. The van der Waals surface area contributed by atoms with Crippen molar-refractivity contribution in [3.63, 3.8) is 0 Å². The molecule has 0 unspecified atom stereocenters. The summed E-state index contributed by atoms with van der Waals surface area (Å²) in [5.74, 6) is 1.81. The van der Waals surface area contributed by atoms with Crippen LogP contribution in [0.2, 0.25) is 0 Å². The molecule has 0 heterocycles. The van der Waals surface area contributed by atoms with Crippen LogP contribution in [-0.2, 0) is 0 Å². The van der Waals surface area contributed by atoms with Gasteiger partial charge in [0.1, 0.15) is 5.84 Å². The van der Waals surface area contributed by atoms with Gasteiger partial charge in [-0.1, -0.05) is 33.1 Å². The van der Waals surface area contributed by atoms with Crippen LogP contribution in [0.25, 0.3) is 0 Å². The fourth-order valence-corrected chi connectivity index (χ4v) is 2.18. The smallest absolute Gasteiger partial charge is 0.101 e. The number of nitrogens with zero attached hydrogens (tertiary/aromatic N) is 2. The van der Waals surface area contributed by atoms with Crippen molar-refractivity contribution in [2.24, 2.45) is 10.9 Å². The van der Waals surface area contributed by atoms with Gasteiger partial charge in [-0.15, -0.1) is 0 Å². The highest BCUT2D eigenvalue weighted by Gasteiger charge is 2.15. The molecule has 0 aromatic carbocycles. The summed E-state index contributed by atoms with van der Waals surface area (Å²) in [5, 5.41) is 0. The van der Waals surface area contributed by atoms with E-state index in [1.165, 1.54) is 37.9 Å². The van der Waals surface area contributed by atoms with E-state index in [1.807, 2.05) is 0 Å². The summed E-state index contributed by atoms with van der Waals surface area (Å²) in [6, 6.07) is 0.601. The summed E-state index contributed by atoms with van der Waals surface area (Å²) in [6.45, 7) is 4.45. The monoisotopic (exact) mass is 196 g/mol. The SMILES string of the molecule is CC(C)C(=NC1CCCCC1)N(C)C. The predicted molar refractivity (Wildman–Crippen MR) is 62.8 cm³/mol. The van der Waals surface area contributed by atoms with Crippen LogP contribution >= 0.6 is 0 Å². The van der Waals surface area contributed by atoms with Crippen molar-refractivity contribution in [2.45, 2.75) is 52.0 Å². The van der Waals surface area contributed by atoms with Crippen LogP contribution in [0.4, 0.5) is 0 Å². The maximum Gasteiger partial charge on any atom is 0.101 e. The summed E-state index contributed by atoms with van der Waals surface area (Å²) in [7, 11) is 4.20. The first-order chi connectivity index (χ1) is 6.61. The van der Waals surface area contributed by atoms with Gasteiger partial charge in [0.15, 0.2) is 0 Å². The minimum absolute atomic E-state index is 0.548. The Morgan fingerprint density at radius 2 is 1.71 bits per heavy atom. The minimum Gasteiger partial charge on any atom is -0.366 e. The van der Waals surface area contributed by atoms with E-state index < -0.39 is 0 Å². The quantitative estimate of drug-likeness (QED) is 0.490. The van der Waals surface area contributed by atoms with Crippen molar-refractivity contribution in [2.75, 3.05) is 14.1 Å². The molecule has 2 nitrogen and oxygen atoms in total. The molecule has 0 amide bonds. The molecular weight excluding hydrogens is 172 g/mol. The molecule has 0 radical (unpaired) electrons. The maximum absolute atomic E-state index is 4.88. The number of hydrogen-bond donors (Lipinski definition) is 0. The van der Waals surface area contributed by atoms with E-state index in [4.69, 9.17) is 4.99 Å². The van der Waals surface area contributed by atoms with Gasteiger partial charge in [-0.05, 0) is 12.8 Å². The van der Waals surface area contributed by atoms with Gasteiger partial charge in [-0.25, -0.2) is 0 Å². The number of amidine groups is 1. The predicted octanol–water partition coefficient (Wildman–Crippen LogP) is 2.94. The highest BCUT2D eigenvalue weighted by atomic mass is 15.1. The summed E-state index contributed by atoms with van der Waals surface area (Å²) in [4.78, 5) is 7.04. The van der Waals surface area contributed by atoms with Gasteiger partial charge in [0, 0.05) is 20.0 Å². The Balaban J connectivity index is 2.60. The minimum atomic E-state index is 0.548. The van der Waals surface area contributed by atoms with Crippen LogP contribution in [-0.4, -0.2) is 30.9 Å². The van der Waals surface area contributed by atoms with E-state index in [2.05, 4.69) is 32.8 Å². The Hall–Kier alpha value is -0.530. The molecule has 1 fully saturated rings. The molecule has 0 bridgehead atoms. The highest BCUT2D eigenvalue weighted by molar-refractivity contribution is 5.83. The van der Waals surface area contributed by atoms with Crippen LogP contribution < -0.4 is 0 Å². The Bertz CT molecular complexity index is 178. The van der Waals surface area contributed by atoms with Crippen molar-refractivity contribution < 1.29 is 0 Å². The zero-order chi connectivity index (χ0) is 10.6. The van der Waals surface area contributed by atoms with Crippen LogP contribution in [0.3, 0.4) is 0 Å². The molecule has 1 aliphatic rings. The average Bonchev–Trinajstić information content (AvgIpc) is 2.15. The molecule has 1 aliphatic carbocycles. The van der Waals surface area contributed by atoms with Gasteiger partial charge in [-0.2, -0.15) is 0 Å². The molecule has 14 heavy (non-hydrogen) atoms. The van der Waals surface area contributed by atoms with E-state index in [0.29, 0.717) is 12.0 Å². The Kier molecular flexibility index (Phi) is 4.43. The highest BCUT2D eigenvalue weighted by Crippen LogP contribution is 2.21. The second kappa shape index (κ2) is 5.38. The average molecular weight is 196 g/mol. The normalized spacial score (nSPS) is 20.2. The first-order valence-electron chi connectivity index (χ1n) is 5.86. The number of hydrogen-bond acceptors (Lipinski definition) is 1. The fourth-order valence-electron chi connectivity index (χ4n) is 2.18. The van der Waals surface area contributed by atoms with Gasteiger partial charge in [-0.3, -0.25) is 4.99 Å².